The maximum Gasteiger partial charge on any atom is 0.128 e. The monoisotopic (exact) mass is 540 g/mol. The molecule has 2 aromatic carbocycles. The number of piperidine rings is 1. The Kier molecular flexibility index (Phi) is 7.76. The number of rotatable bonds is 7. The van der Waals surface area contributed by atoms with Crippen LogP contribution in [0.2, 0.25) is 0 Å². The summed E-state index contributed by atoms with van der Waals surface area (Å²) in [5, 5.41) is 0. The SMILES string of the molecule is C=C(c1ccc(N2CCC3(CCN(Cc4ccc(N)cc4)CC3)C2)nc1)N1CCN(Cc2ccc(F)cc2)CC1. The number of nitrogen functional groups attached to an aromatic ring is 1. The van der Waals surface area contributed by atoms with Gasteiger partial charge in [0.2, 0.25) is 0 Å². The van der Waals surface area contributed by atoms with Gasteiger partial charge in [-0.1, -0.05) is 30.8 Å². The number of piperazine rings is 1. The highest BCUT2D eigenvalue weighted by atomic mass is 19.1. The molecule has 40 heavy (non-hydrogen) atoms. The Hall–Kier alpha value is -3.42. The van der Waals surface area contributed by atoms with Crippen LogP contribution in [0.1, 0.15) is 36.0 Å². The van der Waals surface area contributed by atoms with Crippen molar-refractivity contribution in [2.24, 2.45) is 5.41 Å². The van der Waals surface area contributed by atoms with Crippen LogP contribution in [0.25, 0.3) is 5.70 Å². The van der Waals surface area contributed by atoms with Crippen molar-refractivity contribution in [3.05, 3.63) is 95.9 Å². The Morgan fingerprint density at radius 2 is 1.38 bits per heavy atom. The van der Waals surface area contributed by atoms with Crippen molar-refractivity contribution in [1.29, 1.82) is 0 Å². The summed E-state index contributed by atoms with van der Waals surface area (Å²) in [4.78, 5) is 14.7. The maximum absolute atomic E-state index is 13.2. The first-order valence-electron chi connectivity index (χ1n) is 14.6. The minimum atomic E-state index is -0.180. The van der Waals surface area contributed by atoms with Crippen LogP contribution in [0.15, 0.2) is 73.4 Å². The van der Waals surface area contributed by atoms with Crippen molar-refractivity contribution < 1.29 is 4.39 Å². The first-order valence-corrected chi connectivity index (χ1v) is 14.6. The zero-order valence-electron chi connectivity index (χ0n) is 23.4. The molecule has 0 aliphatic carbocycles. The minimum Gasteiger partial charge on any atom is -0.399 e. The number of benzene rings is 2. The Morgan fingerprint density at radius 3 is 2.00 bits per heavy atom. The van der Waals surface area contributed by atoms with Crippen LogP contribution < -0.4 is 10.6 Å². The van der Waals surface area contributed by atoms with E-state index in [1.54, 1.807) is 12.1 Å². The molecule has 3 aliphatic rings. The third-order valence-corrected chi connectivity index (χ3v) is 9.22. The minimum absolute atomic E-state index is 0.180. The lowest BCUT2D eigenvalue weighted by Gasteiger charge is -2.39. The maximum atomic E-state index is 13.2. The molecule has 210 valence electrons. The lowest BCUT2D eigenvalue weighted by Crippen LogP contribution is -2.44. The van der Waals surface area contributed by atoms with Gasteiger partial charge in [-0.25, -0.2) is 9.37 Å². The van der Waals surface area contributed by atoms with Gasteiger partial charge in [-0.15, -0.1) is 0 Å². The lowest BCUT2D eigenvalue weighted by atomic mass is 9.77. The molecule has 3 aromatic rings. The second-order valence-corrected chi connectivity index (χ2v) is 11.9. The highest BCUT2D eigenvalue weighted by Crippen LogP contribution is 2.42. The summed E-state index contributed by atoms with van der Waals surface area (Å²) in [7, 11) is 0. The van der Waals surface area contributed by atoms with E-state index in [0.29, 0.717) is 5.41 Å². The fraction of sp³-hybridized carbons (Fsp3) is 0.424. The summed E-state index contributed by atoms with van der Waals surface area (Å²) >= 11 is 0. The van der Waals surface area contributed by atoms with Crippen molar-refractivity contribution in [2.45, 2.75) is 32.4 Å². The smallest absolute Gasteiger partial charge is 0.128 e. The van der Waals surface area contributed by atoms with Crippen molar-refractivity contribution >= 4 is 17.2 Å². The molecular formula is C33H41FN6. The largest absolute Gasteiger partial charge is 0.399 e. The molecule has 3 saturated heterocycles. The Labute approximate surface area is 237 Å². The molecule has 6 rings (SSSR count). The third kappa shape index (κ3) is 6.16. The number of aromatic nitrogens is 1. The number of pyridine rings is 1. The van der Waals surface area contributed by atoms with E-state index in [1.807, 2.05) is 30.5 Å². The normalized spacial score (nSPS) is 19.8. The second-order valence-electron chi connectivity index (χ2n) is 11.9. The number of likely N-dealkylation sites (tertiary alicyclic amines) is 1. The molecule has 0 atom stereocenters. The molecule has 3 aliphatic heterocycles. The van der Waals surface area contributed by atoms with E-state index >= 15 is 0 Å². The highest BCUT2D eigenvalue weighted by Gasteiger charge is 2.40. The summed E-state index contributed by atoms with van der Waals surface area (Å²) in [6, 6.07) is 19.5. The molecule has 0 bridgehead atoms. The molecule has 2 N–H and O–H groups in total. The molecule has 4 heterocycles. The standard InChI is InChI=1S/C33H41FN6/c1-26(39-20-18-38(19-21-39)24-27-2-7-30(34)8-3-27)29-6-11-32(36-22-29)40-17-14-33(25-40)12-15-37(16-13-33)23-28-4-9-31(35)10-5-28/h2-11,22H,1,12-21,23-25,35H2. The number of hydrogen-bond donors (Lipinski definition) is 1. The van der Waals surface area contributed by atoms with Crippen molar-refractivity contribution in [3.63, 3.8) is 0 Å². The zero-order chi connectivity index (χ0) is 27.5. The van der Waals surface area contributed by atoms with Gasteiger partial charge in [0, 0.05) is 75.5 Å². The second kappa shape index (κ2) is 11.6. The zero-order valence-corrected chi connectivity index (χ0v) is 23.4. The van der Waals surface area contributed by atoms with Crippen molar-refractivity contribution in [1.82, 2.24) is 19.7 Å². The summed E-state index contributed by atoms with van der Waals surface area (Å²) in [5.74, 6) is 0.905. The van der Waals surface area contributed by atoms with Crippen LogP contribution in [-0.2, 0) is 13.1 Å². The molecule has 7 heteroatoms. The van der Waals surface area contributed by atoms with Gasteiger partial charge in [-0.05, 0) is 85.3 Å². The van der Waals surface area contributed by atoms with Crippen LogP contribution in [0.3, 0.4) is 0 Å². The van der Waals surface area contributed by atoms with Gasteiger partial charge in [-0.3, -0.25) is 9.80 Å². The summed E-state index contributed by atoms with van der Waals surface area (Å²) in [6.45, 7) is 14.6. The van der Waals surface area contributed by atoms with Crippen LogP contribution in [0, 0.1) is 11.2 Å². The number of halogens is 1. The molecule has 1 aromatic heterocycles. The fourth-order valence-electron chi connectivity index (χ4n) is 6.56. The Bertz CT molecular complexity index is 1270. The van der Waals surface area contributed by atoms with E-state index in [2.05, 4.69) is 50.4 Å². The first kappa shape index (κ1) is 26.8. The van der Waals surface area contributed by atoms with Crippen LogP contribution >= 0.6 is 0 Å². The summed E-state index contributed by atoms with van der Waals surface area (Å²) < 4.78 is 13.2. The van der Waals surface area contributed by atoms with Gasteiger partial charge in [-0.2, -0.15) is 0 Å². The Morgan fingerprint density at radius 1 is 0.775 bits per heavy atom. The van der Waals surface area contributed by atoms with Crippen LogP contribution in [-0.4, -0.2) is 72.0 Å². The van der Waals surface area contributed by atoms with E-state index in [0.717, 1.165) is 93.8 Å². The van der Waals surface area contributed by atoms with Gasteiger partial charge < -0.3 is 15.5 Å². The molecule has 3 fully saturated rings. The molecule has 1 spiro atoms. The lowest BCUT2D eigenvalue weighted by molar-refractivity contribution is 0.115. The van der Waals surface area contributed by atoms with E-state index in [4.69, 9.17) is 10.7 Å². The average Bonchev–Trinajstić information content (AvgIpc) is 3.40. The topological polar surface area (TPSA) is 51.9 Å². The molecule has 0 saturated carbocycles. The quantitative estimate of drug-likeness (QED) is 0.422. The van der Waals surface area contributed by atoms with E-state index in [-0.39, 0.29) is 5.82 Å². The van der Waals surface area contributed by atoms with E-state index in [1.165, 1.54) is 24.8 Å². The predicted octanol–water partition coefficient (Wildman–Crippen LogP) is 5.08. The van der Waals surface area contributed by atoms with Crippen molar-refractivity contribution in [3.8, 4) is 0 Å². The highest BCUT2D eigenvalue weighted by molar-refractivity contribution is 5.62. The van der Waals surface area contributed by atoms with Crippen LogP contribution in [0.5, 0.6) is 0 Å². The summed E-state index contributed by atoms with van der Waals surface area (Å²) in [5.41, 5.74) is 11.7. The van der Waals surface area contributed by atoms with Gasteiger partial charge in [0.25, 0.3) is 0 Å². The van der Waals surface area contributed by atoms with E-state index in [9.17, 15) is 4.39 Å². The molecule has 0 amide bonds. The Balaban J connectivity index is 0.975. The predicted molar refractivity (Wildman–Crippen MR) is 161 cm³/mol. The molecule has 6 nitrogen and oxygen atoms in total. The van der Waals surface area contributed by atoms with Gasteiger partial charge >= 0.3 is 0 Å². The first-order chi connectivity index (χ1) is 19.4. The molecule has 0 radical (unpaired) electrons. The van der Waals surface area contributed by atoms with E-state index < -0.39 is 0 Å². The fourth-order valence-corrected chi connectivity index (χ4v) is 6.56. The third-order valence-electron chi connectivity index (χ3n) is 9.22. The van der Waals surface area contributed by atoms with Gasteiger partial charge in [0.15, 0.2) is 0 Å². The van der Waals surface area contributed by atoms with Gasteiger partial charge in [0.05, 0.1) is 0 Å². The van der Waals surface area contributed by atoms with Crippen LogP contribution in [0.4, 0.5) is 15.9 Å². The molecule has 0 unspecified atom stereocenters. The molecular weight excluding hydrogens is 499 g/mol. The number of nitrogens with zero attached hydrogens (tertiary/aromatic N) is 5. The van der Waals surface area contributed by atoms with Gasteiger partial charge in [0.1, 0.15) is 11.6 Å². The number of hydrogen-bond acceptors (Lipinski definition) is 6. The summed E-state index contributed by atoms with van der Waals surface area (Å²) in [6.07, 6.45) is 5.75. The van der Waals surface area contributed by atoms with Crippen molar-refractivity contribution in [2.75, 3.05) is 63.0 Å². The average molecular weight is 541 g/mol. The number of nitrogens with two attached hydrogens (primary N) is 1. The number of anilines is 2.